The number of amides is 1. The van der Waals surface area contributed by atoms with Gasteiger partial charge in [-0.2, -0.15) is 0 Å². The summed E-state index contributed by atoms with van der Waals surface area (Å²) in [6.07, 6.45) is -1.18. The van der Waals surface area contributed by atoms with Crippen molar-refractivity contribution < 1.29 is 31.8 Å². The van der Waals surface area contributed by atoms with E-state index in [9.17, 15) is 22.4 Å². The van der Waals surface area contributed by atoms with Crippen molar-refractivity contribution >= 4 is 11.6 Å². The largest absolute Gasteiger partial charge is 0.467 e. The van der Waals surface area contributed by atoms with Crippen LogP contribution in [0.1, 0.15) is 18.4 Å². The SMILES string of the molecule is COCOc1cc(F)c(C2=CCCC(=O)N2CC(F)F)c(F)c1. The van der Waals surface area contributed by atoms with Gasteiger partial charge in [-0.1, -0.05) is 6.08 Å². The Kier molecular flexibility index (Phi) is 5.59. The van der Waals surface area contributed by atoms with Crippen LogP contribution in [0, 0.1) is 11.6 Å². The zero-order valence-corrected chi connectivity index (χ0v) is 12.3. The molecule has 0 saturated carbocycles. The molecule has 126 valence electrons. The summed E-state index contributed by atoms with van der Waals surface area (Å²) >= 11 is 0. The quantitative estimate of drug-likeness (QED) is 0.593. The van der Waals surface area contributed by atoms with Gasteiger partial charge in [0.15, 0.2) is 6.79 Å². The highest BCUT2D eigenvalue weighted by Gasteiger charge is 2.29. The third kappa shape index (κ3) is 4.01. The Labute approximate surface area is 130 Å². The number of hydrogen-bond donors (Lipinski definition) is 0. The summed E-state index contributed by atoms with van der Waals surface area (Å²) in [6.45, 7) is -1.11. The summed E-state index contributed by atoms with van der Waals surface area (Å²) in [6, 6.07) is 1.83. The first kappa shape index (κ1) is 17.3. The van der Waals surface area contributed by atoms with Gasteiger partial charge in [0, 0.05) is 25.7 Å². The topological polar surface area (TPSA) is 38.8 Å². The van der Waals surface area contributed by atoms with Gasteiger partial charge in [-0.25, -0.2) is 17.6 Å². The second-order valence-corrected chi connectivity index (χ2v) is 4.84. The molecule has 1 aliphatic rings. The molecule has 0 N–H and O–H groups in total. The molecule has 1 heterocycles. The Morgan fingerprint density at radius 2 is 1.91 bits per heavy atom. The van der Waals surface area contributed by atoms with E-state index in [2.05, 4.69) is 4.74 Å². The lowest BCUT2D eigenvalue weighted by molar-refractivity contribution is -0.129. The van der Waals surface area contributed by atoms with Gasteiger partial charge in [0.25, 0.3) is 6.43 Å². The maximum atomic E-state index is 14.2. The van der Waals surface area contributed by atoms with Crippen LogP contribution in [0.25, 0.3) is 5.70 Å². The fraction of sp³-hybridized carbons (Fsp3) is 0.400. The summed E-state index contributed by atoms with van der Waals surface area (Å²) in [5.41, 5.74) is -0.710. The van der Waals surface area contributed by atoms with Crippen LogP contribution in [-0.4, -0.2) is 37.7 Å². The summed E-state index contributed by atoms with van der Waals surface area (Å²) in [7, 11) is 1.35. The first-order chi connectivity index (χ1) is 10.9. The second-order valence-electron chi connectivity index (χ2n) is 4.84. The van der Waals surface area contributed by atoms with Crippen LogP contribution in [-0.2, 0) is 9.53 Å². The van der Waals surface area contributed by atoms with Crippen LogP contribution in [0.3, 0.4) is 0 Å². The molecule has 2 rings (SSSR count). The molecule has 0 fully saturated rings. The zero-order chi connectivity index (χ0) is 17.0. The number of halogens is 4. The Hall–Kier alpha value is -2.09. The van der Waals surface area contributed by atoms with Gasteiger partial charge in [-0.05, 0) is 6.42 Å². The van der Waals surface area contributed by atoms with E-state index in [1.54, 1.807) is 0 Å². The number of alkyl halides is 2. The van der Waals surface area contributed by atoms with E-state index in [4.69, 9.17) is 4.74 Å². The monoisotopic (exact) mass is 333 g/mol. The molecule has 0 spiro atoms. The molecule has 4 nitrogen and oxygen atoms in total. The molecule has 0 saturated heterocycles. The maximum Gasteiger partial charge on any atom is 0.256 e. The first-order valence-electron chi connectivity index (χ1n) is 6.84. The standard InChI is InChI=1S/C15H15F4NO3/c1-22-8-23-9-5-10(16)15(11(17)6-9)12-3-2-4-14(21)20(12)7-13(18)19/h3,5-6,13H,2,4,7-8H2,1H3. The van der Waals surface area contributed by atoms with Gasteiger partial charge in [0.1, 0.15) is 17.4 Å². The van der Waals surface area contributed by atoms with E-state index in [0.717, 1.165) is 12.1 Å². The van der Waals surface area contributed by atoms with Crippen LogP contribution in [0.15, 0.2) is 18.2 Å². The predicted octanol–water partition coefficient (Wildman–Crippen LogP) is 3.18. The van der Waals surface area contributed by atoms with E-state index < -0.39 is 36.1 Å². The molecule has 0 aromatic heterocycles. The van der Waals surface area contributed by atoms with Gasteiger partial charge in [-0.15, -0.1) is 0 Å². The number of allylic oxidation sites excluding steroid dienone is 1. The third-order valence-electron chi connectivity index (χ3n) is 3.22. The molecule has 0 aliphatic carbocycles. The molecule has 1 aromatic rings. The van der Waals surface area contributed by atoms with E-state index >= 15 is 0 Å². The van der Waals surface area contributed by atoms with Gasteiger partial charge in [0.05, 0.1) is 17.8 Å². The van der Waals surface area contributed by atoms with Crippen molar-refractivity contribution in [1.29, 1.82) is 0 Å². The average molecular weight is 333 g/mol. The van der Waals surface area contributed by atoms with Crippen molar-refractivity contribution in [2.24, 2.45) is 0 Å². The zero-order valence-electron chi connectivity index (χ0n) is 12.3. The first-order valence-corrected chi connectivity index (χ1v) is 6.84. The highest BCUT2D eigenvalue weighted by molar-refractivity contribution is 5.89. The minimum absolute atomic E-state index is 0.0223. The molecule has 1 aromatic carbocycles. The maximum absolute atomic E-state index is 14.2. The van der Waals surface area contributed by atoms with Crippen LogP contribution in [0.2, 0.25) is 0 Å². The number of carbonyl (C=O) groups is 1. The normalized spacial score (nSPS) is 15.1. The van der Waals surface area contributed by atoms with Crippen LogP contribution in [0.4, 0.5) is 17.6 Å². The average Bonchev–Trinajstić information content (AvgIpc) is 2.47. The molecule has 1 amide bonds. The lowest BCUT2D eigenvalue weighted by Gasteiger charge is -2.29. The molecule has 0 bridgehead atoms. The van der Waals surface area contributed by atoms with Crippen LogP contribution >= 0.6 is 0 Å². The molecule has 23 heavy (non-hydrogen) atoms. The predicted molar refractivity (Wildman–Crippen MR) is 73.8 cm³/mol. The van der Waals surface area contributed by atoms with Crippen molar-refractivity contribution in [1.82, 2.24) is 4.90 Å². The van der Waals surface area contributed by atoms with Gasteiger partial charge < -0.3 is 14.4 Å². The molecule has 0 unspecified atom stereocenters. The number of hydrogen-bond acceptors (Lipinski definition) is 3. The van der Waals surface area contributed by atoms with E-state index in [0.29, 0.717) is 4.90 Å². The highest BCUT2D eigenvalue weighted by atomic mass is 19.3. The van der Waals surface area contributed by atoms with Crippen molar-refractivity contribution in [3.8, 4) is 5.75 Å². The van der Waals surface area contributed by atoms with E-state index in [-0.39, 0.29) is 31.1 Å². The minimum Gasteiger partial charge on any atom is -0.467 e. The van der Waals surface area contributed by atoms with E-state index in [1.165, 1.54) is 13.2 Å². The lowest BCUT2D eigenvalue weighted by atomic mass is 10.0. The molecule has 8 heteroatoms. The molecule has 1 aliphatic heterocycles. The van der Waals surface area contributed by atoms with E-state index in [1.807, 2.05) is 0 Å². The smallest absolute Gasteiger partial charge is 0.256 e. The molecule has 0 atom stereocenters. The fourth-order valence-corrected chi connectivity index (χ4v) is 2.29. The van der Waals surface area contributed by atoms with Crippen LogP contribution < -0.4 is 4.74 Å². The number of ether oxygens (including phenoxy) is 2. The van der Waals surface area contributed by atoms with Crippen molar-refractivity contribution in [2.75, 3.05) is 20.4 Å². The highest BCUT2D eigenvalue weighted by Crippen LogP contribution is 2.32. The lowest BCUT2D eigenvalue weighted by Crippen LogP contribution is -2.36. The van der Waals surface area contributed by atoms with Crippen molar-refractivity contribution in [2.45, 2.75) is 19.3 Å². The van der Waals surface area contributed by atoms with Gasteiger partial charge >= 0.3 is 0 Å². The number of methoxy groups -OCH3 is 1. The summed E-state index contributed by atoms with van der Waals surface area (Å²) in [4.78, 5) is 12.5. The summed E-state index contributed by atoms with van der Waals surface area (Å²) in [5, 5.41) is 0. The Balaban J connectivity index is 2.39. The summed E-state index contributed by atoms with van der Waals surface area (Å²) < 4.78 is 63.3. The fourth-order valence-electron chi connectivity index (χ4n) is 2.29. The Morgan fingerprint density at radius 3 is 2.48 bits per heavy atom. The Bertz CT molecular complexity index is 596. The number of carbonyl (C=O) groups excluding carboxylic acids is 1. The number of benzene rings is 1. The summed E-state index contributed by atoms with van der Waals surface area (Å²) in [5.74, 6) is -2.71. The Morgan fingerprint density at radius 1 is 1.26 bits per heavy atom. The molecule has 0 radical (unpaired) electrons. The molecular weight excluding hydrogens is 318 g/mol. The number of nitrogens with zero attached hydrogens (tertiary/aromatic N) is 1. The van der Waals surface area contributed by atoms with Crippen molar-refractivity contribution in [3.63, 3.8) is 0 Å². The van der Waals surface area contributed by atoms with Gasteiger partial charge in [0.2, 0.25) is 5.91 Å². The minimum atomic E-state index is -2.81. The van der Waals surface area contributed by atoms with Crippen LogP contribution in [0.5, 0.6) is 5.75 Å². The third-order valence-corrected chi connectivity index (χ3v) is 3.22. The second kappa shape index (κ2) is 7.45. The molecular formula is C15H15F4NO3. The number of rotatable bonds is 6. The van der Waals surface area contributed by atoms with Crippen molar-refractivity contribution in [3.05, 3.63) is 35.4 Å². The van der Waals surface area contributed by atoms with Gasteiger partial charge in [-0.3, -0.25) is 4.79 Å².